The van der Waals surface area contributed by atoms with E-state index in [1.54, 1.807) is 31.2 Å². The Morgan fingerprint density at radius 2 is 1.81 bits per heavy atom. The molecule has 0 radical (unpaired) electrons. The van der Waals surface area contributed by atoms with Gasteiger partial charge in [-0.2, -0.15) is 0 Å². The van der Waals surface area contributed by atoms with Crippen molar-refractivity contribution in [2.45, 2.75) is 39.8 Å². The zero-order chi connectivity index (χ0) is 23.9. The van der Waals surface area contributed by atoms with Gasteiger partial charge < -0.3 is 10.2 Å². The van der Waals surface area contributed by atoms with E-state index >= 15 is 0 Å². The molecule has 174 valence electrons. The molecule has 0 bridgehead atoms. The van der Waals surface area contributed by atoms with Crippen molar-refractivity contribution >= 4 is 43.5 Å². The number of halogens is 1. The molecule has 1 N–H and O–H groups in total. The second kappa shape index (κ2) is 11.5. The third-order valence-electron chi connectivity index (χ3n) is 4.95. The summed E-state index contributed by atoms with van der Waals surface area (Å²) in [5, 5.41) is 2.82. The summed E-state index contributed by atoms with van der Waals surface area (Å²) in [6.45, 7) is 5.82. The number of para-hydroxylation sites is 1. The highest BCUT2D eigenvalue weighted by atomic mass is 79.9. The highest BCUT2D eigenvalue weighted by Gasteiger charge is 2.30. The number of nitrogens with one attached hydrogen (secondary N) is 1. The lowest BCUT2D eigenvalue weighted by molar-refractivity contribution is -0.139. The van der Waals surface area contributed by atoms with Gasteiger partial charge in [0.1, 0.15) is 12.6 Å². The van der Waals surface area contributed by atoms with E-state index in [9.17, 15) is 18.0 Å². The molecule has 2 amide bonds. The van der Waals surface area contributed by atoms with Crippen LogP contribution >= 0.6 is 15.9 Å². The third kappa shape index (κ3) is 7.06. The largest absolute Gasteiger partial charge is 0.354 e. The van der Waals surface area contributed by atoms with Gasteiger partial charge in [0, 0.05) is 17.6 Å². The van der Waals surface area contributed by atoms with E-state index < -0.39 is 28.5 Å². The average molecular weight is 524 g/mol. The number of aryl methyl sites for hydroxylation is 1. The van der Waals surface area contributed by atoms with Crippen LogP contribution < -0.4 is 9.62 Å². The van der Waals surface area contributed by atoms with Gasteiger partial charge in [-0.15, -0.1) is 0 Å². The first-order valence-electron chi connectivity index (χ1n) is 10.4. The molecule has 1 atom stereocenters. The molecular weight excluding hydrogens is 494 g/mol. The lowest BCUT2D eigenvalue weighted by Gasteiger charge is -2.31. The molecule has 0 heterocycles. The van der Waals surface area contributed by atoms with Crippen molar-refractivity contribution in [1.82, 2.24) is 10.2 Å². The minimum Gasteiger partial charge on any atom is -0.354 e. The second-order valence-electron chi connectivity index (χ2n) is 7.70. The number of carbonyl (C=O) groups is 2. The van der Waals surface area contributed by atoms with Crippen LogP contribution in [0.3, 0.4) is 0 Å². The summed E-state index contributed by atoms with van der Waals surface area (Å²) in [6, 6.07) is 13.7. The van der Waals surface area contributed by atoms with E-state index in [1.807, 2.05) is 38.1 Å². The van der Waals surface area contributed by atoms with E-state index in [1.165, 1.54) is 4.90 Å². The quantitative estimate of drug-likeness (QED) is 0.516. The summed E-state index contributed by atoms with van der Waals surface area (Å²) in [7, 11) is -3.75. The van der Waals surface area contributed by atoms with Gasteiger partial charge in [-0.3, -0.25) is 13.9 Å². The van der Waals surface area contributed by atoms with Gasteiger partial charge in [0.05, 0.1) is 11.9 Å². The number of rotatable bonds is 10. The Kier molecular flexibility index (Phi) is 9.27. The third-order valence-corrected chi connectivity index (χ3v) is 6.75. The maximum Gasteiger partial charge on any atom is 0.244 e. The SMILES string of the molecule is CCCNC(=O)[C@H](C)N(Cc1cccc(C)c1)C(=O)CN(c1ccccc1Br)S(C)(=O)=O. The van der Waals surface area contributed by atoms with Gasteiger partial charge >= 0.3 is 0 Å². The van der Waals surface area contributed by atoms with E-state index in [-0.39, 0.29) is 12.5 Å². The van der Waals surface area contributed by atoms with Gasteiger partial charge in [-0.05, 0) is 53.9 Å². The van der Waals surface area contributed by atoms with E-state index in [2.05, 4.69) is 21.2 Å². The molecular formula is C23H30BrN3O4S. The minimum absolute atomic E-state index is 0.189. The molecule has 0 aromatic heterocycles. The first-order chi connectivity index (χ1) is 15.0. The standard InChI is InChI=1S/C23H30BrN3O4S/c1-5-13-25-23(29)18(3)26(15-19-10-8-9-17(2)14-19)22(28)16-27(32(4,30)31)21-12-7-6-11-20(21)24/h6-12,14,18H,5,13,15-16H2,1-4H3,(H,25,29)/t18-/m0/s1. The molecule has 0 saturated carbocycles. The fourth-order valence-electron chi connectivity index (χ4n) is 3.23. The van der Waals surface area contributed by atoms with Crippen molar-refractivity contribution in [1.29, 1.82) is 0 Å². The average Bonchev–Trinajstić information content (AvgIpc) is 2.73. The number of nitrogens with zero attached hydrogens (tertiary/aromatic N) is 2. The summed E-state index contributed by atoms with van der Waals surface area (Å²) >= 11 is 3.36. The Bertz CT molecular complexity index is 1060. The molecule has 0 fully saturated rings. The number of hydrogen-bond donors (Lipinski definition) is 1. The number of sulfonamides is 1. The van der Waals surface area contributed by atoms with Crippen molar-refractivity contribution in [2.75, 3.05) is 23.7 Å². The van der Waals surface area contributed by atoms with E-state index in [0.717, 1.165) is 28.1 Å². The Morgan fingerprint density at radius 1 is 1.12 bits per heavy atom. The molecule has 2 rings (SSSR count). The maximum absolute atomic E-state index is 13.4. The fourth-order valence-corrected chi connectivity index (χ4v) is 4.71. The van der Waals surface area contributed by atoms with Gasteiger partial charge in [0.25, 0.3) is 0 Å². The van der Waals surface area contributed by atoms with E-state index in [4.69, 9.17) is 0 Å². The number of benzene rings is 2. The Balaban J connectivity index is 2.38. The van der Waals surface area contributed by atoms with Crippen LogP contribution in [0.5, 0.6) is 0 Å². The van der Waals surface area contributed by atoms with Gasteiger partial charge in [-0.25, -0.2) is 8.42 Å². The van der Waals surface area contributed by atoms with Crippen LogP contribution in [0.15, 0.2) is 53.0 Å². The first-order valence-corrected chi connectivity index (χ1v) is 13.0. The van der Waals surface area contributed by atoms with Crippen LogP contribution in [0.4, 0.5) is 5.69 Å². The van der Waals surface area contributed by atoms with Gasteiger partial charge in [0.15, 0.2) is 0 Å². The van der Waals surface area contributed by atoms with Crippen LogP contribution in [0.2, 0.25) is 0 Å². The highest BCUT2D eigenvalue weighted by Crippen LogP contribution is 2.28. The monoisotopic (exact) mass is 523 g/mol. The number of amides is 2. The van der Waals surface area contributed by atoms with E-state index in [0.29, 0.717) is 16.7 Å². The maximum atomic E-state index is 13.4. The lowest BCUT2D eigenvalue weighted by atomic mass is 10.1. The van der Waals surface area contributed by atoms with Crippen molar-refractivity contribution in [3.05, 3.63) is 64.1 Å². The molecule has 0 aliphatic heterocycles. The minimum atomic E-state index is -3.75. The predicted molar refractivity (Wildman–Crippen MR) is 131 cm³/mol. The van der Waals surface area contributed by atoms with Crippen LogP contribution in [-0.4, -0.2) is 50.5 Å². The summed E-state index contributed by atoms with van der Waals surface area (Å²) in [5.41, 5.74) is 2.26. The molecule has 0 saturated heterocycles. The summed E-state index contributed by atoms with van der Waals surface area (Å²) in [6.07, 6.45) is 1.83. The summed E-state index contributed by atoms with van der Waals surface area (Å²) in [4.78, 5) is 27.5. The predicted octanol–water partition coefficient (Wildman–Crippen LogP) is 3.47. The highest BCUT2D eigenvalue weighted by molar-refractivity contribution is 9.10. The van der Waals surface area contributed by atoms with Crippen molar-refractivity contribution in [2.24, 2.45) is 0 Å². The van der Waals surface area contributed by atoms with Crippen LogP contribution in [0.25, 0.3) is 0 Å². The van der Waals surface area contributed by atoms with Gasteiger partial charge in [0.2, 0.25) is 21.8 Å². The number of carbonyl (C=O) groups excluding carboxylic acids is 2. The zero-order valence-corrected chi connectivity index (χ0v) is 21.2. The van der Waals surface area contributed by atoms with Crippen LogP contribution in [0, 0.1) is 6.92 Å². The fraction of sp³-hybridized carbons (Fsp3) is 0.391. The molecule has 0 aliphatic rings. The smallest absolute Gasteiger partial charge is 0.244 e. The summed E-state index contributed by atoms with van der Waals surface area (Å²) in [5.74, 6) is -0.744. The molecule has 32 heavy (non-hydrogen) atoms. The Labute approximate surface area is 199 Å². The molecule has 7 nitrogen and oxygen atoms in total. The van der Waals surface area contributed by atoms with Gasteiger partial charge in [-0.1, -0.05) is 48.9 Å². The molecule has 0 spiro atoms. The van der Waals surface area contributed by atoms with Crippen LogP contribution in [0.1, 0.15) is 31.4 Å². The van der Waals surface area contributed by atoms with Crippen molar-refractivity contribution in [3.8, 4) is 0 Å². The molecule has 0 aliphatic carbocycles. The summed E-state index contributed by atoms with van der Waals surface area (Å²) < 4.78 is 26.7. The second-order valence-corrected chi connectivity index (χ2v) is 10.5. The molecule has 2 aromatic carbocycles. The first kappa shape index (κ1) is 25.9. The van der Waals surface area contributed by atoms with Crippen molar-refractivity contribution < 1.29 is 18.0 Å². The number of hydrogen-bond acceptors (Lipinski definition) is 4. The Morgan fingerprint density at radius 3 is 2.41 bits per heavy atom. The Hall–Kier alpha value is -2.39. The van der Waals surface area contributed by atoms with Crippen LogP contribution in [-0.2, 0) is 26.2 Å². The zero-order valence-electron chi connectivity index (χ0n) is 18.8. The molecule has 0 unspecified atom stereocenters. The lowest BCUT2D eigenvalue weighted by Crippen LogP contribution is -2.51. The normalized spacial score (nSPS) is 12.2. The molecule has 9 heteroatoms. The number of anilines is 1. The molecule has 2 aromatic rings. The van der Waals surface area contributed by atoms with Crippen molar-refractivity contribution in [3.63, 3.8) is 0 Å². The topological polar surface area (TPSA) is 86.8 Å².